The predicted octanol–water partition coefficient (Wildman–Crippen LogP) is 1.20. The number of carbonyl (C=O) groups is 1. The molecule has 3 heterocycles. The van der Waals surface area contributed by atoms with Crippen molar-refractivity contribution in [2.45, 2.75) is 81.8 Å². The summed E-state index contributed by atoms with van der Waals surface area (Å²) in [5.41, 5.74) is 0.430. The topological polar surface area (TPSA) is 97.9 Å². The fourth-order valence-electron chi connectivity index (χ4n) is 7.98. The fourth-order valence-corrected chi connectivity index (χ4v) is 9.81. The Balaban J connectivity index is 1.16. The second kappa shape index (κ2) is 11.8. The SMILES string of the molecule is C[C@H](C(=O)NCCN1CCOCC1)[C@@H]1CC[C@]2(C)CC3SC(NC4CCCNC4)NC3[C@H](C)[C@@H]2[C@H]1O. The molecule has 0 bridgehead atoms. The molecule has 0 aromatic carbocycles. The van der Waals surface area contributed by atoms with Gasteiger partial charge in [-0.15, -0.1) is 11.8 Å². The van der Waals surface area contributed by atoms with Gasteiger partial charge in [-0.1, -0.05) is 20.8 Å². The molecule has 5 N–H and O–H groups in total. The molecule has 3 aliphatic heterocycles. The number of morpholine rings is 1. The van der Waals surface area contributed by atoms with E-state index in [-0.39, 0.29) is 29.1 Å². The standard InChI is InChI=1S/C27H49N5O3S/c1-17(25(34)29-9-10-32-11-13-35-14-12-32)20-6-7-27(3)15-21-23(18(2)22(27)24(20)33)31-26(36-21)30-19-5-4-8-28-16-19/h17-24,26,28,30-31,33H,4-16H2,1-3H3,(H,29,34)/t17-,18+,19?,20-,21?,22+,23?,24-,26?,27+/m0/s1. The Morgan fingerprint density at radius 3 is 2.86 bits per heavy atom. The first-order chi connectivity index (χ1) is 17.4. The van der Waals surface area contributed by atoms with E-state index in [0.29, 0.717) is 35.3 Å². The molecule has 0 spiro atoms. The highest BCUT2D eigenvalue weighted by molar-refractivity contribution is 8.00. The zero-order valence-corrected chi connectivity index (χ0v) is 23.3. The summed E-state index contributed by atoms with van der Waals surface area (Å²) in [6.07, 6.45) is 5.23. The molecule has 1 amide bonds. The van der Waals surface area contributed by atoms with E-state index in [2.05, 4.69) is 51.8 Å². The van der Waals surface area contributed by atoms with Crippen molar-refractivity contribution < 1.29 is 14.6 Å². The molecule has 36 heavy (non-hydrogen) atoms. The third kappa shape index (κ3) is 5.77. The highest BCUT2D eigenvalue weighted by Gasteiger charge is 2.58. The van der Waals surface area contributed by atoms with E-state index < -0.39 is 6.10 Å². The number of nitrogens with zero attached hydrogens (tertiary/aromatic N) is 1. The Bertz CT molecular complexity index is 749. The number of thioether (sulfide) groups is 1. The minimum Gasteiger partial charge on any atom is -0.392 e. The van der Waals surface area contributed by atoms with Crippen LogP contribution in [0.2, 0.25) is 0 Å². The van der Waals surface area contributed by atoms with Crippen LogP contribution < -0.4 is 21.3 Å². The van der Waals surface area contributed by atoms with Crippen LogP contribution in [-0.2, 0) is 9.53 Å². The van der Waals surface area contributed by atoms with Gasteiger partial charge in [-0.25, -0.2) is 0 Å². The van der Waals surface area contributed by atoms with Gasteiger partial charge in [-0.2, -0.15) is 0 Å². The Hall–Kier alpha value is -0.420. The summed E-state index contributed by atoms with van der Waals surface area (Å²) in [5.74, 6) is 0.563. The maximum Gasteiger partial charge on any atom is 0.223 e. The van der Waals surface area contributed by atoms with Crippen LogP contribution in [0.1, 0.15) is 52.9 Å². The highest BCUT2D eigenvalue weighted by Crippen LogP contribution is 2.58. The summed E-state index contributed by atoms with van der Waals surface area (Å²) < 4.78 is 5.41. The number of hydrogen-bond acceptors (Lipinski definition) is 8. The first kappa shape index (κ1) is 27.2. The number of amides is 1. The molecule has 8 nitrogen and oxygen atoms in total. The van der Waals surface area contributed by atoms with Gasteiger partial charge in [0, 0.05) is 56.0 Å². The zero-order chi connectivity index (χ0) is 25.3. The molecule has 5 aliphatic rings. The summed E-state index contributed by atoms with van der Waals surface area (Å²) in [6.45, 7) is 13.9. The number of nitrogens with one attached hydrogen (secondary N) is 4. The fraction of sp³-hybridized carbons (Fsp3) is 0.963. The molecule has 5 rings (SSSR count). The Morgan fingerprint density at radius 1 is 1.31 bits per heavy atom. The zero-order valence-electron chi connectivity index (χ0n) is 22.5. The van der Waals surface area contributed by atoms with Crippen LogP contribution >= 0.6 is 11.8 Å². The van der Waals surface area contributed by atoms with E-state index in [4.69, 9.17) is 4.74 Å². The summed E-state index contributed by atoms with van der Waals surface area (Å²) in [6, 6.07) is 0.947. The van der Waals surface area contributed by atoms with Crippen LogP contribution in [0.3, 0.4) is 0 Å². The van der Waals surface area contributed by atoms with Crippen LogP contribution in [-0.4, -0.2) is 97.3 Å². The predicted molar refractivity (Wildman–Crippen MR) is 145 cm³/mol. The lowest BCUT2D eigenvalue weighted by atomic mass is 9.51. The average molecular weight is 524 g/mol. The number of aliphatic hydroxyl groups is 1. The number of piperidine rings is 1. The molecule has 10 atom stereocenters. The molecule has 206 valence electrons. The summed E-state index contributed by atoms with van der Waals surface area (Å²) in [5, 5.41) is 26.7. The van der Waals surface area contributed by atoms with Crippen molar-refractivity contribution >= 4 is 17.7 Å². The van der Waals surface area contributed by atoms with E-state index in [1.54, 1.807) is 0 Å². The second-order valence-corrected chi connectivity index (χ2v) is 13.8. The van der Waals surface area contributed by atoms with Gasteiger partial charge in [0.05, 0.1) is 19.3 Å². The van der Waals surface area contributed by atoms with E-state index in [1.807, 2.05) is 6.92 Å². The Labute approximate surface area is 221 Å². The minimum atomic E-state index is -0.430. The quantitative estimate of drug-likeness (QED) is 0.340. The summed E-state index contributed by atoms with van der Waals surface area (Å²) in [4.78, 5) is 15.4. The van der Waals surface area contributed by atoms with Crippen LogP contribution in [0, 0.1) is 29.1 Å². The average Bonchev–Trinajstić information content (AvgIpc) is 3.26. The molecular formula is C27H49N5O3S. The van der Waals surface area contributed by atoms with E-state index >= 15 is 0 Å². The molecule has 0 aromatic heterocycles. The molecule has 2 aliphatic carbocycles. The van der Waals surface area contributed by atoms with Crippen molar-refractivity contribution in [2.24, 2.45) is 29.1 Å². The summed E-state index contributed by atoms with van der Waals surface area (Å²) >= 11 is 2.07. The molecule has 9 heteroatoms. The molecule has 0 aromatic rings. The van der Waals surface area contributed by atoms with Gasteiger partial charge < -0.3 is 20.5 Å². The first-order valence-electron chi connectivity index (χ1n) is 14.5. The van der Waals surface area contributed by atoms with Gasteiger partial charge in [0.1, 0.15) is 5.50 Å². The molecular weight excluding hydrogens is 474 g/mol. The lowest BCUT2D eigenvalue weighted by Crippen LogP contribution is -2.60. The monoisotopic (exact) mass is 523 g/mol. The second-order valence-electron chi connectivity index (χ2n) is 12.4. The Morgan fingerprint density at radius 2 is 2.11 bits per heavy atom. The lowest BCUT2D eigenvalue weighted by Gasteiger charge is -2.57. The van der Waals surface area contributed by atoms with E-state index in [0.717, 1.165) is 65.2 Å². The van der Waals surface area contributed by atoms with Gasteiger partial charge >= 0.3 is 0 Å². The maximum atomic E-state index is 13.1. The highest BCUT2D eigenvalue weighted by atomic mass is 32.2. The van der Waals surface area contributed by atoms with Gasteiger partial charge in [0.2, 0.25) is 5.91 Å². The minimum absolute atomic E-state index is 0.0294. The van der Waals surface area contributed by atoms with E-state index in [9.17, 15) is 9.90 Å². The number of ether oxygens (including phenoxy) is 1. The number of hydrogen-bond donors (Lipinski definition) is 5. The van der Waals surface area contributed by atoms with Crippen molar-refractivity contribution in [3.8, 4) is 0 Å². The van der Waals surface area contributed by atoms with Crippen molar-refractivity contribution in [1.29, 1.82) is 0 Å². The normalized spacial score (nSPS) is 44.4. The van der Waals surface area contributed by atoms with Crippen LogP contribution in [0.4, 0.5) is 0 Å². The molecule has 2 saturated carbocycles. The van der Waals surface area contributed by atoms with Gasteiger partial charge in [0.25, 0.3) is 0 Å². The van der Waals surface area contributed by atoms with Gasteiger partial charge in [-0.3, -0.25) is 20.3 Å². The van der Waals surface area contributed by atoms with Crippen molar-refractivity contribution in [1.82, 2.24) is 26.2 Å². The number of rotatable bonds is 7. The molecule has 3 saturated heterocycles. The Kier molecular flexibility index (Phi) is 8.87. The molecule has 4 unspecified atom stereocenters. The summed E-state index contributed by atoms with van der Waals surface area (Å²) in [7, 11) is 0. The third-order valence-electron chi connectivity index (χ3n) is 10.1. The van der Waals surface area contributed by atoms with Crippen molar-refractivity contribution in [3.05, 3.63) is 0 Å². The molecule has 5 fully saturated rings. The van der Waals surface area contributed by atoms with Crippen LogP contribution in [0.25, 0.3) is 0 Å². The molecule has 0 radical (unpaired) electrons. The van der Waals surface area contributed by atoms with Crippen LogP contribution in [0.15, 0.2) is 0 Å². The number of fused-ring (bicyclic) bond motifs is 2. The smallest absolute Gasteiger partial charge is 0.223 e. The van der Waals surface area contributed by atoms with E-state index in [1.165, 1.54) is 12.8 Å². The van der Waals surface area contributed by atoms with Crippen molar-refractivity contribution in [3.63, 3.8) is 0 Å². The van der Waals surface area contributed by atoms with Gasteiger partial charge in [-0.05, 0) is 61.8 Å². The number of carbonyl (C=O) groups excluding carboxylic acids is 1. The third-order valence-corrected chi connectivity index (χ3v) is 11.4. The maximum absolute atomic E-state index is 13.1. The number of aliphatic hydroxyl groups excluding tert-OH is 1. The lowest BCUT2D eigenvalue weighted by molar-refractivity contribution is -0.141. The first-order valence-corrected chi connectivity index (χ1v) is 15.4. The van der Waals surface area contributed by atoms with Crippen LogP contribution in [0.5, 0.6) is 0 Å². The van der Waals surface area contributed by atoms with Crippen molar-refractivity contribution in [2.75, 3.05) is 52.5 Å². The largest absolute Gasteiger partial charge is 0.392 e. The van der Waals surface area contributed by atoms with Gasteiger partial charge in [0.15, 0.2) is 0 Å².